The van der Waals surface area contributed by atoms with Gasteiger partial charge in [0.05, 0.1) is 10.6 Å². The Kier molecular flexibility index (Phi) is 5.52. The van der Waals surface area contributed by atoms with E-state index < -0.39 is 15.9 Å². The Hall–Kier alpha value is -3.95. The molecule has 0 saturated heterocycles. The zero-order valence-corrected chi connectivity index (χ0v) is 17.8. The van der Waals surface area contributed by atoms with Gasteiger partial charge in [0.2, 0.25) is 5.89 Å². The summed E-state index contributed by atoms with van der Waals surface area (Å²) in [6.45, 7) is 0. The van der Waals surface area contributed by atoms with E-state index in [2.05, 4.69) is 4.98 Å². The molecule has 2 amide bonds. The van der Waals surface area contributed by atoms with Gasteiger partial charge in [-0.15, -0.1) is 0 Å². The van der Waals surface area contributed by atoms with Crippen molar-refractivity contribution in [2.75, 3.05) is 11.3 Å². The third-order valence-electron chi connectivity index (χ3n) is 4.77. The summed E-state index contributed by atoms with van der Waals surface area (Å²) in [7, 11) is -3.52. The number of hydrogen-bond acceptors (Lipinski definition) is 6. The third-order valence-corrected chi connectivity index (χ3v) is 5.93. The first-order valence-corrected chi connectivity index (χ1v) is 11.4. The average Bonchev–Trinajstić information content (AvgIpc) is 3.24. The number of benzene rings is 3. The zero-order chi connectivity index (χ0) is 22.9. The van der Waals surface area contributed by atoms with Crippen LogP contribution in [0.15, 0.2) is 88.2 Å². The number of nitrogens with zero attached hydrogens (tertiary/aromatic N) is 2. The van der Waals surface area contributed by atoms with E-state index in [4.69, 9.17) is 10.2 Å². The number of carbonyl (C=O) groups excluding carboxylic acids is 1. The fourth-order valence-electron chi connectivity index (χ4n) is 3.27. The number of aromatic nitrogens is 1. The summed E-state index contributed by atoms with van der Waals surface area (Å²) >= 11 is 0. The largest absolute Gasteiger partial charge is 0.435 e. The lowest BCUT2D eigenvalue weighted by Gasteiger charge is -2.11. The van der Waals surface area contributed by atoms with Crippen LogP contribution >= 0.6 is 0 Å². The fraction of sp³-hybridized carbons (Fsp3) is 0.0435. The van der Waals surface area contributed by atoms with Gasteiger partial charge in [0.1, 0.15) is 5.69 Å². The summed E-state index contributed by atoms with van der Waals surface area (Å²) in [5, 5.41) is 10.00. The van der Waals surface area contributed by atoms with Crippen LogP contribution in [-0.4, -0.2) is 30.9 Å². The molecule has 9 heteroatoms. The average molecular weight is 449 g/mol. The van der Waals surface area contributed by atoms with Gasteiger partial charge >= 0.3 is 6.03 Å². The number of primary amides is 1. The zero-order valence-electron chi connectivity index (χ0n) is 17.0. The molecule has 0 spiro atoms. The van der Waals surface area contributed by atoms with Crippen LogP contribution < -0.4 is 10.8 Å². The van der Waals surface area contributed by atoms with Crippen molar-refractivity contribution in [3.63, 3.8) is 0 Å². The summed E-state index contributed by atoms with van der Waals surface area (Å²) in [5.74, 6) is 0.666. The molecular weight excluding hydrogens is 430 g/mol. The second kappa shape index (κ2) is 8.29. The van der Waals surface area contributed by atoms with Crippen LogP contribution in [0.2, 0.25) is 0 Å². The Bertz CT molecular complexity index is 1380. The Morgan fingerprint density at radius 1 is 0.938 bits per heavy atom. The van der Waals surface area contributed by atoms with Crippen LogP contribution in [0.1, 0.15) is 0 Å². The predicted octanol–water partition coefficient (Wildman–Crippen LogP) is 4.35. The van der Waals surface area contributed by atoms with Crippen LogP contribution in [0.4, 0.5) is 10.5 Å². The van der Waals surface area contributed by atoms with Crippen molar-refractivity contribution in [2.45, 2.75) is 4.90 Å². The van der Waals surface area contributed by atoms with Gasteiger partial charge in [-0.1, -0.05) is 48.5 Å². The van der Waals surface area contributed by atoms with Crippen LogP contribution in [0.5, 0.6) is 0 Å². The monoisotopic (exact) mass is 449 g/mol. The summed E-state index contributed by atoms with van der Waals surface area (Å²) < 4.78 is 30.9. The lowest BCUT2D eigenvalue weighted by Crippen LogP contribution is -2.32. The lowest BCUT2D eigenvalue weighted by atomic mass is 10.1. The number of urea groups is 1. The van der Waals surface area contributed by atoms with Crippen LogP contribution in [-0.2, 0) is 9.84 Å². The molecule has 162 valence electrons. The SMILES string of the molecule is CS(=O)(=O)c1ccccc1-c1nc(-c2ccc(N(O)C(N)=O)cc2)oc1-c1ccccc1. The Balaban J connectivity index is 1.88. The Labute approximate surface area is 184 Å². The molecule has 4 rings (SSSR count). The first-order chi connectivity index (χ1) is 15.3. The van der Waals surface area contributed by atoms with Crippen molar-refractivity contribution in [2.24, 2.45) is 5.73 Å². The Morgan fingerprint density at radius 2 is 1.56 bits per heavy atom. The minimum absolute atomic E-state index is 0.143. The van der Waals surface area contributed by atoms with Crippen molar-refractivity contribution in [1.29, 1.82) is 0 Å². The normalized spacial score (nSPS) is 11.3. The number of oxazole rings is 1. The van der Waals surface area contributed by atoms with Crippen molar-refractivity contribution in [3.05, 3.63) is 78.9 Å². The van der Waals surface area contributed by atoms with Crippen molar-refractivity contribution < 1.29 is 22.8 Å². The molecule has 0 aliphatic heterocycles. The molecular formula is C23H19N3O5S. The molecule has 1 aromatic heterocycles. The number of amides is 2. The molecule has 3 aromatic carbocycles. The number of hydroxylamine groups is 1. The predicted molar refractivity (Wildman–Crippen MR) is 120 cm³/mol. The molecule has 0 fully saturated rings. The van der Waals surface area contributed by atoms with Gasteiger partial charge < -0.3 is 10.2 Å². The van der Waals surface area contributed by atoms with E-state index in [0.717, 1.165) is 11.8 Å². The molecule has 0 aliphatic rings. The molecule has 32 heavy (non-hydrogen) atoms. The van der Waals surface area contributed by atoms with Crippen molar-refractivity contribution >= 4 is 21.6 Å². The van der Waals surface area contributed by atoms with Gasteiger partial charge in [0.15, 0.2) is 15.6 Å². The molecule has 0 bridgehead atoms. The standard InChI is InChI=1S/C23H19N3O5S/c1-32(29,30)19-10-6-5-9-18(19)20-21(15-7-3-2-4-8-15)31-22(25-20)16-11-13-17(14-12-16)26(28)23(24)27/h2-14,28H,1H3,(H2,24,27). The van der Waals surface area contributed by atoms with E-state index in [9.17, 15) is 18.4 Å². The van der Waals surface area contributed by atoms with E-state index in [1.165, 1.54) is 18.2 Å². The molecule has 4 aromatic rings. The first-order valence-electron chi connectivity index (χ1n) is 9.50. The maximum atomic E-state index is 12.4. The molecule has 1 heterocycles. The van der Waals surface area contributed by atoms with Gasteiger partial charge in [-0.2, -0.15) is 5.06 Å². The van der Waals surface area contributed by atoms with Gasteiger partial charge in [-0.3, -0.25) is 5.21 Å². The first kappa shape index (κ1) is 21.3. The van der Waals surface area contributed by atoms with Gasteiger partial charge in [-0.25, -0.2) is 18.2 Å². The van der Waals surface area contributed by atoms with Gasteiger partial charge in [0.25, 0.3) is 0 Å². The number of anilines is 1. The summed E-state index contributed by atoms with van der Waals surface area (Å²) in [4.78, 5) is 15.9. The van der Waals surface area contributed by atoms with E-state index >= 15 is 0 Å². The van der Waals surface area contributed by atoms with Crippen LogP contribution in [0, 0.1) is 0 Å². The highest BCUT2D eigenvalue weighted by Gasteiger charge is 2.23. The van der Waals surface area contributed by atoms with E-state index in [-0.39, 0.29) is 16.5 Å². The highest BCUT2D eigenvalue weighted by Crippen LogP contribution is 2.38. The summed E-state index contributed by atoms with van der Waals surface area (Å²) in [5.41, 5.74) is 7.36. The second-order valence-electron chi connectivity index (χ2n) is 7.03. The van der Waals surface area contributed by atoms with Crippen molar-refractivity contribution in [1.82, 2.24) is 4.98 Å². The third kappa shape index (κ3) is 4.11. The fourth-order valence-corrected chi connectivity index (χ4v) is 4.16. The van der Waals surface area contributed by atoms with E-state index in [0.29, 0.717) is 27.6 Å². The van der Waals surface area contributed by atoms with Gasteiger partial charge in [0, 0.05) is 22.9 Å². The number of hydrogen-bond donors (Lipinski definition) is 2. The highest BCUT2D eigenvalue weighted by atomic mass is 32.2. The van der Waals surface area contributed by atoms with Crippen molar-refractivity contribution in [3.8, 4) is 34.0 Å². The number of sulfone groups is 1. The summed E-state index contributed by atoms with van der Waals surface area (Å²) in [6, 6.07) is 21.0. The maximum absolute atomic E-state index is 12.4. The number of nitrogens with two attached hydrogens (primary N) is 1. The maximum Gasteiger partial charge on any atom is 0.343 e. The number of rotatable bonds is 5. The van der Waals surface area contributed by atoms with E-state index in [1.807, 2.05) is 30.3 Å². The van der Waals surface area contributed by atoms with E-state index in [1.54, 1.807) is 30.3 Å². The molecule has 0 aliphatic carbocycles. The lowest BCUT2D eigenvalue weighted by molar-refractivity contribution is 0.212. The molecule has 3 N–H and O–H groups in total. The summed E-state index contributed by atoms with van der Waals surface area (Å²) in [6.07, 6.45) is 1.15. The van der Waals surface area contributed by atoms with Gasteiger partial charge in [-0.05, 0) is 30.3 Å². The van der Waals surface area contributed by atoms with Crippen LogP contribution in [0.25, 0.3) is 34.0 Å². The smallest absolute Gasteiger partial charge is 0.343 e. The molecule has 0 atom stereocenters. The molecule has 0 unspecified atom stereocenters. The number of carbonyl (C=O) groups is 1. The Morgan fingerprint density at radius 3 is 2.19 bits per heavy atom. The van der Waals surface area contributed by atoms with Crippen LogP contribution in [0.3, 0.4) is 0 Å². The molecule has 0 saturated carbocycles. The minimum atomic E-state index is -3.52. The quantitative estimate of drug-likeness (QED) is 0.344. The second-order valence-corrected chi connectivity index (χ2v) is 9.01. The topological polar surface area (TPSA) is 127 Å². The molecule has 8 nitrogen and oxygen atoms in total. The highest BCUT2D eigenvalue weighted by molar-refractivity contribution is 7.90. The molecule has 0 radical (unpaired) electrons. The minimum Gasteiger partial charge on any atom is -0.435 e.